The zero-order valence-corrected chi connectivity index (χ0v) is 17.2. The molecule has 2 aromatic heterocycles. The van der Waals surface area contributed by atoms with Gasteiger partial charge in [-0.1, -0.05) is 6.92 Å². The highest BCUT2D eigenvalue weighted by Crippen LogP contribution is 2.42. The normalized spacial score (nSPS) is 27.2. The van der Waals surface area contributed by atoms with Gasteiger partial charge in [0, 0.05) is 14.1 Å². The van der Waals surface area contributed by atoms with E-state index >= 15 is 0 Å². The van der Waals surface area contributed by atoms with E-state index in [1.54, 1.807) is 19.0 Å². The summed E-state index contributed by atoms with van der Waals surface area (Å²) < 4.78 is 7.55. The number of nitrogens with zero attached hydrogens (tertiary/aromatic N) is 4. The van der Waals surface area contributed by atoms with Gasteiger partial charge >= 0.3 is 0 Å². The highest BCUT2D eigenvalue weighted by molar-refractivity contribution is 7.72. The lowest BCUT2D eigenvalue weighted by Crippen LogP contribution is -2.36. The summed E-state index contributed by atoms with van der Waals surface area (Å²) in [6.45, 7) is 4.93. The first-order chi connectivity index (χ1) is 12.5. The van der Waals surface area contributed by atoms with Gasteiger partial charge in [-0.2, -0.15) is 4.98 Å². The molecular weight excluding hydrogens is 369 g/mol. The summed E-state index contributed by atoms with van der Waals surface area (Å²) in [6.07, 6.45) is 2.88. The van der Waals surface area contributed by atoms with Crippen LogP contribution in [0.25, 0.3) is 11.2 Å². The lowest BCUT2D eigenvalue weighted by molar-refractivity contribution is -0.0487. The van der Waals surface area contributed by atoms with Crippen LogP contribution in [0.4, 0.5) is 5.95 Å². The van der Waals surface area contributed by atoms with Crippen LogP contribution < -0.4 is 10.5 Å². The molecule has 3 N–H and O–H groups in total. The van der Waals surface area contributed by atoms with E-state index in [1.807, 2.05) is 6.92 Å². The van der Waals surface area contributed by atoms with Gasteiger partial charge in [0.05, 0.1) is 12.4 Å². The van der Waals surface area contributed by atoms with E-state index in [1.165, 1.54) is 10.9 Å². The highest BCUT2D eigenvalue weighted by atomic mass is 31.2. The van der Waals surface area contributed by atoms with E-state index in [0.29, 0.717) is 11.6 Å². The van der Waals surface area contributed by atoms with Crippen LogP contribution in [0.15, 0.2) is 11.1 Å². The Balaban J connectivity index is 1.97. The Bertz CT molecular complexity index is 933. The lowest BCUT2D eigenvalue weighted by atomic mass is 10.0. The van der Waals surface area contributed by atoms with Gasteiger partial charge in [0.2, 0.25) is 5.95 Å². The summed E-state index contributed by atoms with van der Waals surface area (Å²) in [5, 5.41) is 21.1. The molecule has 5 atom stereocenters. The Kier molecular flexibility index (Phi) is 5.24. The smallest absolute Gasteiger partial charge is 0.280 e. The molecule has 0 aliphatic carbocycles. The molecule has 2 aromatic rings. The third-order valence-electron chi connectivity index (χ3n) is 4.74. The number of aromatic nitrogens is 4. The molecule has 1 aliphatic rings. The zero-order valence-electron chi connectivity index (χ0n) is 16.3. The topological polar surface area (TPSA) is 117 Å². The van der Waals surface area contributed by atoms with Crippen LogP contribution in [0.5, 0.6) is 0 Å². The molecule has 150 valence electrons. The number of hydrogen-bond donors (Lipinski definition) is 3. The van der Waals surface area contributed by atoms with Crippen LogP contribution in [0.2, 0.25) is 0 Å². The number of imidazole rings is 1. The molecule has 3 rings (SSSR count). The van der Waals surface area contributed by atoms with E-state index in [2.05, 4.69) is 34.6 Å². The van der Waals surface area contributed by atoms with Crippen molar-refractivity contribution in [2.75, 3.05) is 38.5 Å². The number of fused-ring (bicyclic) bond motifs is 1. The summed E-state index contributed by atoms with van der Waals surface area (Å²) in [6, 6.07) is 0. The summed E-state index contributed by atoms with van der Waals surface area (Å²) in [7, 11) is 3.52. The number of aromatic amines is 1. The minimum atomic E-state index is -1.32. The fourth-order valence-corrected chi connectivity index (χ4v) is 5.35. The fourth-order valence-electron chi connectivity index (χ4n) is 3.58. The van der Waals surface area contributed by atoms with E-state index in [0.717, 1.165) is 6.16 Å². The second-order valence-electron chi connectivity index (χ2n) is 8.18. The molecule has 10 heteroatoms. The van der Waals surface area contributed by atoms with Gasteiger partial charge in [0.25, 0.3) is 5.56 Å². The van der Waals surface area contributed by atoms with Crippen LogP contribution in [0.1, 0.15) is 13.2 Å². The zero-order chi connectivity index (χ0) is 20.1. The monoisotopic (exact) mass is 397 g/mol. The van der Waals surface area contributed by atoms with Crippen LogP contribution in [0.3, 0.4) is 0 Å². The number of aliphatic hydroxyl groups is 2. The molecule has 27 heavy (non-hydrogen) atoms. The van der Waals surface area contributed by atoms with Crippen molar-refractivity contribution in [1.82, 2.24) is 19.5 Å². The second kappa shape index (κ2) is 7.05. The number of hydrogen-bond acceptors (Lipinski definition) is 7. The average Bonchev–Trinajstić information content (AvgIpc) is 3.08. The van der Waals surface area contributed by atoms with Crippen molar-refractivity contribution in [3.8, 4) is 0 Å². The van der Waals surface area contributed by atoms with E-state index in [-0.39, 0.29) is 17.0 Å². The van der Waals surface area contributed by atoms with Gasteiger partial charge in [0.15, 0.2) is 17.4 Å². The SMILES string of the molecule is C=P(C)(C)CC(C)[C@H]1O[C@@H](n2cnc3c(=O)[nH]c(N(C)C)nc32)[C@H](O)[C@@H]1O. The van der Waals surface area contributed by atoms with Crippen molar-refractivity contribution in [3.05, 3.63) is 16.7 Å². The fraction of sp³-hybridized carbons (Fsp3) is 0.647. The van der Waals surface area contributed by atoms with Crippen molar-refractivity contribution in [1.29, 1.82) is 0 Å². The first kappa shape index (κ1) is 20.1. The van der Waals surface area contributed by atoms with Crippen LogP contribution >= 0.6 is 6.89 Å². The van der Waals surface area contributed by atoms with E-state index < -0.39 is 31.4 Å². The Labute approximate surface area is 158 Å². The molecule has 1 unspecified atom stereocenters. The van der Waals surface area contributed by atoms with Gasteiger partial charge < -0.3 is 19.8 Å². The van der Waals surface area contributed by atoms with Gasteiger partial charge in [-0.15, -0.1) is 13.2 Å². The molecule has 0 bridgehead atoms. The number of anilines is 1. The van der Waals surface area contributed by atoms with Crippen molar-refractivity contribution >= 4 is 30.3 Å². The molecular formula is C17H28N5O4P. The molecule has 0 radical (unpaired) electrons. The first-order valence-corrected chi connectivity index (χ1v) is 11.9. The van der Waals surface area contributed by atoms with Crippen LogP contribution in [0, 0.1) is 5.92 Å². The van der Waals surface area contributed by atoms with Crippen LogP contribution in [-0.4, -0.2) is 87.9 Å². The number of rotatable bonds is 5. The summed E-state index contributed by atoms with van der Waals surface area (Å²) in [5.41, 5.74) is 0.0909. The lowest BCUT2D eigenvalue weighted by Gasteiger charge is -2.26. The standard InChI is InChI=1S/C17H28N5O4P/c1-9(7-27(4,5)6)13-11(23)12(24)16(26-13)22-8-18-10-14(22)19-17(21(2)3)20-15(10)25/h8-9,11-13,16,23-24H,4,7H2,1-3,5-6H3,(H,19,20,25)/t9?,11-,12+,13+,16+/m0/s1. The number of aliphatic hydroxyl groups excluding tert-OH is 2. The molecule has 0 aromatic carbocycles. The summed E-state index contributed by atoms with van der Waals surface area (Å²) in [5.74, 6) is 0.403. The highest BCUT2D eigenvalue weighted by Gasteiger charge is 2.46. The Morgan fingerprint density at radius 1 is 1.41 bits per heavy atom. The maximum Gasteiger partial charge on any atom is 0.280 e. The number of H-pyrrole nitrogens is 1. The quantitative estimate of drug-likeness (QED) is 0.615. The van der Waals surface area contributed by atoms with Gasteiger partial charge in [-0.25, -0.2) is 4.98 Å². The van der Waals surface area contributed by atoms with Crippen molar-refractivity contribution in [2.45, 2.75) is 31.5 Å². The predicted molar refractivity (Wildman–Crippen MR) is 108 cm³/mol. The molecule has 0 saturated carbocycles. The summed E-state index contributed by atoms with van der Waals surface area (Å²) in [4.78, 5) is 25.1. The van der Waals surface area contributed by atoms with Crippen molar-refractivity contribution in [2.24, 2.45) is 5.92 Å². The Morgan fingerprint density at radius 2 is 2.07 bits per heavy atom. The molecule has 0 amide bonds. The maximum absolute atomic E-state index is 12.3. The third-order valence-corrected chi connectivity index (χ3v) is 6.30. The van der Waals surface area contributed by atoms with Crippen molar-refractivity contribution in [3.63, 3.8) is 0 Å². The third kappa shape index (κ3) is 3.82. The number of nitrogens with one attached hydrogen (secondary N) is 1. The van der Waals surface area contributed by atoms with E-state index in [9.17, 15) is 15.0 Å². The van der Waals surface area contributed by atoms with Crippen molar-refractivity contribution < 1.29 is 14.9 Å². The molecule has 0 spiro atoms. The van der Waals surface area contributed by atoms with Crippen LogP contribution in [-0.2, 0) is 4.74 Å². The molecule has 1 saturated heterocycles. The molecule has 9 nitrogen and oxygen atoms in total. The maximum atomic E-state index is 12.3. The predicted octanol–water partition coefficient (Wildman–Crippen LogP) is 0.150. The second-order valence-corrected chi connectivity index (χ2v) is 12.4. The first-order valence-electron chi connectivity index (χ1n) is 8.82. The molecule has 3 heterocycles. The largest absolute Gasteiger partial charge is 0.388 e. The molecule has 1 fully saturated rings. The Morgan fingerprint density at radius 3 is 2.67 bits per heavy atom. The van der Waals surface area contributed by atoms with Gasteiger partial charge in [-0.05, 0) is 25.4 Å². The van der Waals surface area contributed by atoms with E-state index in [4.69, 9.17) is 4.74 Å². The Hall–Kier alpha value is -1.67. The summed E-state index contributed by atoms with van der Waals surface area (Å²) >= 11 is 0. The molecule has 1 aliphatic heterocycles. The minimum absolute atomic E-state index is 0.0315. The number of ether oxygens (including phenoxy) is 1. The average molecular weight is 397 g/mol. The van der Waals surface area contributed by atoms with Gasteiger partial charge in [0.1, 0.15) is 12.2 Å². The minimum Gasteiger partial charge on any atom is -0.388 e. The van der Waals surface area contributed by atoms with Gasteiger partial charge in [-0.3, -0.25) is 14.3 Å².